The van der Waals surface area contributed by atoms with E-state index in [1.54, 1.807) is 30.5 Å². The van der Waals surface area contributed by atoms with Gasteiger partial charge in [0, 0.05) is 12.8 Å². The molecule has 0 saturated carbocycles. The highest BCUT2D eigenvalue weighted by Crippen LogP contribution is 2.23. The number of hydrogen-bond acceptors (Lipinski definition) is 5. The van der Waals surface area contributed by atoms with Gasteiger partial charge >= 0.3 is 0 Å². The Bertz CT molecular complexity index is 617. The van der Waals surface area contributed by atoms with Crippen LogP contribution in [0.2, 0.25) is 0 Å². The van der Waals surface area contributed by atoms with E-state index in [2.05, 4.69) is 0 Å². The molecule has 2 rings (SSSR count). The summed E-state index contributed by atoms with van der Waals surface area (Å²) >= 11 is 0. The zero-order valence-corrected chi connectivity index (χ0v) is 11.3. The maximum Gasteiger partial charge on any atom is 0.175 e. The van der Waals surface area contributed by atoms with Crippen molar-refractivity contribution in [3.05, 3.63) is 48.4 Å². The van der Waals surface area contributed by atoms with Crippen molar-refractivity contribution in [3.8, 4) is 5.75 Å². The number of furan rings is 1. The van der Waals surface area contributed by atoms with Crippen LogP contribution in [-0.2, 0) is 9.84 Å². The molecule has 0 saturated heterocycles. The highest BCUT2D eigenvalue weighted by molar-refractivity contribution is 7.90. The molecule has 0 aliphatic rings. The first-order valence-electron chi connectivity index (χ1n) is 5.71. The van der Waals surface area contributed by atoms with Gasteiger partial charge in [0.2, 0.25) is 0 Å². The lowest BCUT2D eigenvalue weighted by Crippen LogP contribution is -2.17. The third-order valence-corrected chi connectivity index (χ3v) is 3.73. The number of hydrogen-bond donors (Lipinski definition) is 1. The lowest BCUT2D eigenvalue weighted by atomic mass is 10.2. The molecule has 0 fully saturated rings. The monoisotopic (exact) mass is 281 g/mol. The summed E-state index contributed by atoms with van der Waals surface area (Å²) < 4.78 is 33.6. The second kappa shape index (κ2) is 5.46. The zero-order chi connectivity index (χ0) is 13.9. The van der Waals surface area contributed by atoms with Crippen molar-refractivity contribution >= 4 is 9.84 Å². The van der Waals surface area contributed by atoms with Crippen LogP contribution in [0.5, 0.6) is 5.75 Å². The summed E-state index contributed by atoms with van der Waals surface area (Å²) in [6.07, 6.45) is 2.32. The van der Waals surface area contributed by atoms with Crippen LogP contribution in [0, 0.1) is 0 Å². The summed E-state index contributed by atoms with van der Waals surface area (Å²) in [5, 5.41) is 0. The van der Waals surface area contributed by atoms with Gasteiger partial charge in [-0.25, -0.2) is 8.42 Å². The molecule has 102 valence electrons. The molecule has 0 aliphatic heterocycles. The van der Waals surface area contributed by atoms with Gasteiger partial charge in [0.1, 0.15) is 11.5 Å². The van der Waals surface area contributed by atoms with E-state index in [1.807, 2.05) is 0 Å². The fraction of sp³-hybridized carbons (Fsp3) is 0.231. The average molecular weight is 281 g/mol. The molecule has 6 heteroatoms. The normalized spacial score (nSPS) is 13.2. The molecule has 19 heavy (non-hydrogen) atoms. The highest BCUT2D eigenvalue weighted by atomic mass is 32.2. The summed E-state index contributed by atoms with van der Waals surface area (Å²) in [4.78, 5) is 0.252. The zero-order valence-electron chi connectivity index (χ0n) is 10.4. The van der Waals surface area contributed by atoms with Crippen molar-refractivity contribution < 1.29 is 17.6 Å². The summed E-state index contributed by atoms with van der Waals surface area (Å²) in [6.45, 7) is 0.265. The van der Waals surface area contributed by atoms with Gasteiger partial charge in [0.15, 0.2) is 15.9 Å². The fourth-order valence-corrected chi connectivity index (χ4v) is 2.26. The van der Waals surface area contributed by atoms with Gasteiger partial charge in [-0.05, 0) is 36.4 Å². The van der Waals surface area contributed by atoms with Crippen LogP contribution >= 0.6 is 0 Å². The summed E-state index contributed by atoms with van der Waals surface area (Å²) in [6, 6.07) is 9.74. The van der Waals surface area contributed by atoms with Gasteiger partial charge < -0.3 is 14.9 Å². The lowest BCUT2D eigenvalue weighted by molar-refractivity contribution is 0.184. The molecule has 0 amide bonds. The molecule has 1 aromatic carbocycles. The summed E-state index contributed by atoms with van der Waals surface area (Å²) in [5.74, 6) is 1.17. The first kappa shape index (κ1) is 13.6. The van der Waals surface area contributed by atoms with Crippen molar-refractivity contribution in [1.82, 2.24) is 0 Å². The van der Waals surface area contributed by atoms with Crippen LogP contribution in [0.3, 0.4) is 0 Å². The SMILES string of the molecule is CS(=O)(=O)c1ccc(OC(CN)c2ccco2)cc1. The lowest BCUT2D eigenvalue weighted by Gasteiger charge is -2.15. The topological polar surface area (TPSA) is 82.5 Å². The Morgan fingerprint density at radius 3 is 2.42 bits per heavy atom. The van der Waals surface area contributed by atoms with E-state index in [-0.39, 0.29) is 17.5 Å². The molecule has 0 aliphatic carbocycles. The molecule has 1 unspecified atom stereocenters. The predicted molar refractivity (Wildman–Crippen MR) is 70.7 cm³/mol. The number of ether oxygens (including phenoxy) is 1. The molecule has 1 atom stereocenters. The molecule has 1 aromatic heterocycles. The van der Waals surface area contributed by atoms with Crippen LogP contribution in [-0.4, -0.2) is 21.2 Å². The van der Waals surface area contributed by atoms with Crippen molar-refractivity contribution in [2.75, 3.05) is 12.8 Å². The third kappa shape index (κ3) is 3.36. The fourth-order valence-electron chi connectivity index (χ4n) is 1.63. The second-order valence-electron chi connectivity index (χ2n) is 4.10. The number of rotatable bonds is 5. The van der Waals surface area contributed by atoms with E-state index < -0.39 is 9.84 Å². The van der Waals surface area contributed by atoms with E-state index in [1.165, 1.54) is 12.1 Å². The minimum Gasteiger partial charge on any atom is -0.481 e. The van der Waals surface area contributed by atoms with Gasteiger partial charge in [0.05, 0.1) is 11.2 Å². The van der Waals surface area contributed by atoms with Crippen molar-refractivity contribution in [1.29, 1.82) is 0 Å². The first-order chi connectivity index (χ1) is 9.00. The highest BCUT2D eigenvalue weighted by Gasteiger charge is 2.15. The third-order valence-electron chi connectivity index (χ3n) is 2.60. The quantitative estimate of drug-likeness (QED) is 0.903. The van der Waals surface area contributed by atoms with Crippen LogP contribution in [0.4, 0.5) is 0 Å². The number of benzene rings is 1. The Labute approximate surface area is 111 Å². The van der Waals surface area contributed by atoms with Crippen LogP contribution in [0.25, 0.3) is 0 Å². The standard InChI is InChI=1S/C13H15NO4S/c1-19(15,16)11-6-4-10(5-7-11)18-13(9-14)12-3-2-8-17-12/h2-8,13H,9,14H2,1H3. The molecule has 1 heterocycles. The number of sulfone groups is 1. The van der Waals surface area contributed by atoms with Crippen molar-refractivity contribution in [2.45, 2.75) is 11.0 Å². The largest absolute Gasteiger partial charge is 0.481 e. The Hall–Kier alpha value is -1.79. The first-order valence-corrected chi connectivity index (χ1v) is 7.60. The van der Waals surface area contributed by atoms with E-state index in [0.29, 0.717) is 11.5 Å². The molecule has 5 nitrogen and oxygen atoms in total. The number of nitrogens with two attached hydrogens (primary N) is 1. The van der Waals surface area contributed by atoms with E-state index >= 15 is 0 Å². The van der Waals surface area contributed by atoms with Crippen molar-refractivity contribution in [3.63, 3.8) is 0 Å². The van der Waals surface area contributed by atoms with E-state index in [4.69, 9.17) is 14.9 Å². The molecule has 0 radical (unpaired) electrons. The van der Waals surface area contributed by atoms with E-state index in [0.717, 1.165) is 6.26 Å². The molecule has 0 bridgehead atoms. The Balaban J connectivity index is 2.15. The average Bonchev–Trinajstić information content (AvgIpc) is 2.89. The van der Waals surface area contributed by atoms with Gasteiger partial charge in [0.25, 0.3) is 0 Å². The summed E-state index contributed by atoms with van der Waals surface area (Å²) in [7, 11) is -3.20. The maximum absolute atomic E-state index is 11.3. The minimum absolute atomic E-state index is 0.252. The molecule has 2 aromatic rings. The smallest absolute Gasteiger partial charge is 0.175 e. The van der Waals surface area contributed by atoms with Gasteiger partial charge in [-0.15, -0.1) is 0 Å². The minimum atomic E-state index is -3.20. The Morgan fingerprint density at radius 1 is 1.26 bits per heavy atom. The second-order valence-corrected chi connectivity index (χ2v) is 6.12. The van der Waals surface area contributed by atoms with Gasteiger partial charge in [-0.2, -0.15) is 0 Å². The molecular formula is C13H15NO4S. The van der Waals surface area contributed by atoms with Gasteiger partial charge in [-0.1, -0.05) is 0 Å². The van der Waals surface area contributed by atoms with Gasteiger partial charge in [-0.3, -0.25) is 0 Å². The molecular weight excluding hydrogens is 266 g/mol. The molecule has 0 spiro atoms. The van der Waals surface area contributed by atoms with Crippen LogP contribution < -0.4 is 10.5 Å². The van der Waals surface area contributed by atoms with Crippen LogP contribution in [0.15, 0.2) is 52.0 Å². The maximum atomic E-state index is 11.3. The van der Waals surface area contributed by atoms with E-state index in [9.17, 15) is 8.42 Å². The molecule has 2 N–H and O–H groups in total. The van der Waals surface area contributed by atoms with Crippen molar-refractivity contribution in [2.24, 2.45) is 5.73 Å². The Morgan fingerprint density at radius 2 is 1.95 bits per heavy atom. The predicted octanol–water partition coefficient (Wildman–Crippen LogP) is 1.76. The van der Waals surface area contributed by atoms with Crippen LogP contribution in [0.1, 0.15) is 11.9 Å². The Kier molecular flexibility index (Phi) is 3.92. The summed E-state index contributed by atoms with van der Waals surface area (Å²) in [5.41, 5.74) is 5.63.